The highest BCUT2D eigenvalue weighted by atomic mass is 32.2. The summed E-state index contributed by atoms with van der Waals surface area (Å²) in [6, 6.07) is 17.8. The van der Waals surface area contributed by atoms with Crippen molar-refractivity contribution >= 4 is 10.0 Å². The van der Waals surface area contributed by atoms with E-state index < -0.39 is 10.0 Å². The lowest BCUT2D eigenvalue weighted by Gasteiger charge is -2.31. The van der Waals surface area contributed by atoms with Crippen LogP contribution in [0, 0.1) is 12.8 Å². The zero-order valence-corrected chi connectivity index (χ0v) is 16.1. The molecule has 0 unspecified atom stereocenters. The molecular formula is C21H27NO3S. The minimum absolute atomic E-state index is 0.182. The molecule has 0 amide bonds. The molecule has 0 aliphatic carbocycles. The first-order valence-electron chi connectivity index (χ1n) is 9.25. The normalized spacial score (nSPS) is 16.5. The van der Waals surface area contributed by atoms with Gasteiger partial charge in [0.2, 0.25) is 10.0 Å². The average molecular weight is 374 g/mol. The number of piperidine rings is 1. The van der Waals surface area contributed by atoms with Crippen LogP contribution < -0.4 is 4.74 Å². The van der Waals surface area contributed by atoms with E-state index in [4.69, 9.17) is 4.74 Å². The summed E-state index contributed by atoms with van der Waals surface area (Å²) in [6.07, 6.45) is 2.28. The smallest absolute Gasteiger partial charge is 0.214 e. The Hall–Kier alpha value is -1.85. The lowest BCUT2D eigenvalue weighted by atomic mass is 9.99. The SMILES string of the molecule is Cc1ccccc1OCC1CCN(S(=O)(=O)CCc2ccccc2)CC1. The first-order chi connectivity index (χ1) is 12.5. The van der Waals surface area contributed by atoms with Gasteiger partial charge in [0.25, 0.3) is 0 Å². The van der Waals surface area contributed by atoms with Crippen molar-refractivity contribution in [3.63, 3.8) is 0 Å². The van der Waals surface area contributed by atoms with E-state index >= 15 is 0 Å². The fraction of sp³-hybridized carbons (Fsp3) is 0.429. The third-order valence-corrected chi connectivity index (χ3v) is 6.90. The summed E-state index contributed by atoms with van der Waals surface area (Å²) in [7, 11) is -3.19. The quantitative estimate of drug-likeness (QED) is 0.744. The number of para-hydroxylation sites is 1. The van der Waals surface area contributed by atoms with E-state index in [1.807, 2.05) is 61.5 Å². The van der Waals surface area contributed by atoms with E-state index in [-0.39, 0.29) is 5.75 Å². The van der Waals surface area contributed by atoms with Crippen LogP contribution >= 0.6 is 0 Å². The molecule has 140 valence electrons. The highest BCUT2D eigenvalue weighted by Crippen LogP contribution is 2.23. The molecule has 1 aliphatic rings. The average Bonchev–Trinajstić information content (AvgIpc) is 2.67. The Bertz CT molecular complexity index is 797. The van der Waals surface area contributed by atoms with Gasteiger partial charge in [-0.05, 0) is 49.3 Å². The lowest BCUT2D eigenvalue weighted by molar-refractivity contribution is 0.184. The highest BCUT2D eigenvalue weighted by Gasteiger charge is 2.28. The van der Waals surface area contributed by atoms with Crippen LogP contribution in [0.4, 0.5) is 0 Å². The molecule has 3 rings (SSSR count). The van der Waals surface area contributed by atoms with Crippen molar-refractivity contribution in [3.8, 4) is 5.75 Å². The van der Waals surface area contributed by atoms with E-state index in [0.717, 1.165) is 29.7 Å². The number of rotatable bonds is 7. The summed E-state index contributed by atoms with van der Waals surface area (Å²) in [5.41, 5.74) is 2.20. The minimum Gasteiger partial charge on any atom is -0.493 e. The van der Waals surface area contributed by atoms with Crippen molar-refractivity contribution in [2.75, 3.05) is 25.4 Å². The van der Waals surface area contributed by atoms with Crippen LogP contribution in [0.5, 0.6) is 5.75 Å². The molecule has 0 atom stereocenters. The third-order valence-electron chi connectivity index (χ3n) is 5.03. The number of hydrogen-bond acceptors (Lipinski definition) is 3. The Morgan fingerprint density at radius 2 is 1.65 bits per heavy atom. The van der Waals surface area contributed by atoms with E-state index in [9.17, 15) is 8.42 Å². The maximum Gasteiger partial charge on any atom is 0.214 e. The van der Waals surface area contributed by atoms with E-state index in [0.29, 0.717) is 32.0 Å². The number of nitrogens with zero attached hydrogens (tertiary/aromatic N) is 1. The number of benzene rings is 2. The summed E-state index contributed by atoms with van der Waals surface area (Å²) in [6.45, 7) is 3.89. The maximum absolute atomic E-state index is 12.6. The van der Waals surface area contributed by atoms with Gasteiger partial charge in [-0.15, -0.1) is 0 Å². The van der Waals surface area contributed by atoms with Crippen LogP contribution in [0.25, 0.3) is 0 Å². The third kappa shape index (κ3) is 5.08. The van der Waals surface area contributed by atoms with Gasteiger partial charge in [-0.2, -0.15) is 0 Å². The van der Waals surface area contributed by atoms with Crippen molar-refractivity contribution in [2.24, 2.45) is 5.92 Å². The summed E-state index contributed by atoms with van der Waals surface area (Å²) in [5.74, 6) is 1.52. The van der Waals surface area contributed by atoms with E-state index in [1.54, 1.807) is 4.31 Å². The molecule has 0 saturated carbocycles. The second kappa shape index (κ2) is 8.69. The lowest BCUT2D eigenvalue weighted by Crippen LogP contribution is -2.41. The molecule has 1 heterocycles. The number of sulfonamides is 1. The van der Waals surface area contributed by atoms with Gasteiger partial charge in [-0.1, -0.05) is 48.5 Å². The molecule has 1 saturated heterocycles. The number of aryl methyl sites for hydroxylation is 2. The van der Waals surface area contributed by atoms with Gasteiger partial charge >= 0.3 is 0 Å². The Morgan fingerprint density at radius 3 is 2.35 bits per heavy atom. The predicted molar refractivity (Wildman–Crippen MR) is 105 cm³/mol. The van der Waals surface area contributed by atoms with Gasteiger partial charge in [0, 0.05) is 13.1 Å². The first kappa shape index (κ1) is 18.9. The van der Waals surface area contributed by atoms with Gasteiger partial charge in [0.15, 0.2) is 0 Å². The van der Waals surface area contributed by atoms with Crippen LogP contribution in [-0.2, 0) is 16.4 Å². The molecule has 0 aromatic heterocycles. The molecule has 26 heavy (non-hydrogen) atoms. The molecule has 0 bridgehead atoms. The van der Waals surface area contributed by atoms with Gasteiger partial charge in [0.1, 0.15) is 5.75 Å². The van der Waals surface area contributed by atoms with Gasteiger partial charge in [0.05, 0.1) is 12.4 Å². The maximum atomic E-state index is 12.6. The fourth-order valence-corrected chi connectivity index (χ4v) is 4.82. The van der Waals surface area contributed by atoms with Crippen molar-refractivity contribution in [2.45, 2.75) is 26.2 Å². The number of hydrogen-bond donors (Lipinski definition) is 0. The highest BCUT2D eigenvalue weighted by molar-refractivity contribution is 7.89. The topological polar surface area (TPSA) is 46.6 Å². The molecule has 5 heteroatoms. The Kier molecular flexibility index (Phi) is 6.33. The second-order valence-corrected chi connectivity index (χ2v) is 9.06. The van der Waals surface area contributed by atoms with Crippen molar-refractivity contribution in [3.05, 3.63) is 65.7 Å². The van der Waals surface area contributed by atoms with Crippen LogP contribution in [0.15, 0.2) is 54.6 Å². The monoisotopic (exact) mass is 373 g/mol. The van der Waals surface area contributed by atoms with Gasteiger partial charge in [-0.3, -0.25) is 0 Å². The second-order valence-electron chi connectivity index (χ2n) is 6.97. The standard InChI is InChI=1S/C21H27NO3S/c1-18-7-5-6-10-21(18)25-17-20-11-14-22(15-12-20)26(23,24)16-13-19-8-3-2-4-9-19/h2-10,20H,11-17H2,1H3. The molecule has 2 aromatic rings. The molecular weight excluding hydrogens is 346 g/mol. The van der Waals surface area contributed by atoms with Crippen LogP contribution in [0.1, 0.15) is 24.0 Å². The molecule has 0 spiro atoms. The Balaban J connectivity index is 1.46. The van der Waals surface area contributed by atoms with Crippen molar-refractivity contribution < 1.29 is 13.2 Å². The van der Waals surface area contributed by atoms with Crippen molar-refractivity contribution in [1.29, 1.82) is 0 Å². The molecule has 1 fully saturated rings. The van der Waals surface area contributed by atoms with Crippen LogP contribution in [-0.4, -0.2) is 38.2 Å². The first-order valence-corrected chi connectivity index (χ1v) is 10.9. The molecule has 1 aliphatic heterocycles. The Morgan fingerprint density at radius 1 is 1.00 bits per heavy atom. The van der Waals surface area contributed by atoms with Crippen molar-refractivity contribution in [1.82, 2.24) is 4.31 Å². The predicted octanol–water partition coefficient (Wildman–Crippen LogP) is 3.66. The summed E-state index contributed by atoms with van der Waals surface area (Å²) in [5, 5.41) is 0. The minimum atomic E-state index is -3.19. The van der Waals surface area contributed by atoms with Gasteiger partial charge < -0.3 is 4.74 Å². The summed E-state index contributed by atoms with van der Waals surface area (Å²) >= 11 is 0. The fourth-order valence-electron chi connectivity index (χ4n) is 3.30. The van der Waals surface area contributed by atoms with E-state index in [2.05, 4.69) is 0 Å². The van der Waals surface area contributed by atoms with Crippen LogP contribution in [0.3, 0.4) is 0 Å². The molecule has 0 N–H and O–H groups in total. The Labute approximate surface area is 156 Å². The molecule has 4 nitrogen and oxygen atoms in total. The largest absolute Gasteiger partial charge is 0.493 e. The summed E-state index contributed by atoms with van der Waals surface area (Å²) in [4.78, 5) is 0. The zero-order valence-electron chi connectivity index (χ0n) is 15.3. The van der Waals surface area contributed by atoms with E-state index in [1.165, 1.54) is 0 Å². The number of ether oxygens (including phenoxy) is 1. The van der Waals surface area contributed by atoms with Gasteiger partial charge in [-0.25, -0.2) is 12.7 Å². The summed E-state index contributed by atoms with van der Waals surface area (Å²) < 4.78 is 32.8. The van der Waals surface area contributed by atoms with Crippen LogP contribution in [0.2, 0.25) is 0 Å². The molecule has 2 aromatic carbocycles. The zero-order chi connectivity index (χ0) is 18.4. The molecule has 0 radical (unpaired) electrons.